The molecule has 5 nitrogen and oxygen atoms in total. The summed E-state index contributed by atoms with van der Waals surface area (Å²) in [5, 5.41) is 10.4. The topological polar surface area (TPSA) is 45.2 Å². The second-order valence-corrected chi connectivity index (χ2v) is 6.42. The van der Waals surface area contributed by atoms with E-state index >= 15 is 0 Å². The lowest BCUT2D eigenvalue weighted by atomic mass is 10.1. The van der Waals surface area contributed by atoms with Gasteiger partial charge >= 0.3 is 6.61 Å². The molecule has 1 fully saturated rings. The minimum Gasteiger partial charge on any atom is -0.495 e. The van der Waals surface area contributed by atoms with Crippen molar-refractivity contribution in [3.05, 3.63) is 54.1 Å². The first-order chi connectivity index (χ1) is 13.1. The minimum atomic E-state index is -2.85. The summed E-state index contributed by atoms with van der Waals surface area (Å²) in [6.45, 7) is 0.973. The number of hydrogen-bond acceptors (Lipinski definition) is 5. The van der Waals surface area contributed by atoms with Crippen molar-refractivity contribution in [2.75, 3.05) is 44.7 Å². The Morgan fingerprint density at radius 2 is 1.67 bits per heavy atom. The number of hydrogen-bond donors (Lipinski definition) is 1. The largest absolute Gasteiger partial charge is 0.495 e. The number of β-amino-alcohol motifs (C(OH)–C–C–N with tert-alkyl or cyclic N) is 1. The highest BCUT2D eigenvalue weighted by Gasteiger charge is 2.21. The van der Waals surface area contributed by atoms with Crippen LogP contribution in [0.5, 0.6) is 11.5 Å². The third-order valence-electron chi connectivity index (χ3n) is 4.72. The van der Waals surface area contributed by atoms with E-state index in [-0.39, 0.29) is 5.75 Å². The molecule has 0 radical (unpaired) electrons. The third-order valence-corrected chi connectivity index (χ3v) is 4.72. The van der Waals surface area contributed by atoms with E-state index in [9.17, 15) is 13.9 Å². The first-order valence-electron chi connectivity index (χ1n) is 8.90. The Bertz CT molecular complexity index is 719. The molecule has 146 valence electrons. The molecule has 0 bridgehead atoms. The van der Waals surface area contributed by atoms with E-state index in [2.05, 4.69) is 14.5 Å². The lowest BCUT2D eigenvalue weighted by Crippen LogP contribution is -2.47. The van der Waals surface area contributed by atoms with Crippen molar-refractivity contribution in [2.45, 2.75) is 12.7 Å². The van der Waals surface area contributed by atoms with Crippen LogP contribution >= 0.6 is 0 Å². The molecule has 1 atom stereocenters. The van der Waals surface area contributed by atoms with Crippen LogP contribution in [0.1, 0.15) is 11.7 Å². The Morgan fingerprint density at radius 3 is 2.30 bits per heavy atom. The molecule has 1 heterocycles. The van der Waals surface area contributed by atoms with Gasteiger partial charge in [-0.3, -0.25) is 4.90 Å². The molecular weight excluding hydrogens is 354 g/mol. The van der Waals surface area contributed by atoms with Crippen LogP contribution in [0.25, 0.3) is 0 Å². The van der Waals surface area contributed by atoms with Gasteiger partial charge in [-0.15, -0.1) is 0 Å². The molecule has 1 unspecified atom stereocenters. The van der Waals surface area contributed by atoms with Crippen LogP contribution in [0.3, 0.4) is 0 Å². The Morgan fingerprint density at radius 1 is 1.00 bits per heavy atom. The predicted octanol–water partition coefficient (Wildman–Crippen LogP) is 3.15. The molecule has 0 saturated carbocycles. The number of benzene rings is 2. The van der Waals surface area contributed by atoms with Crippen LogP contribution in [0.15, 0.2) is 48.5 Å². The van der Waals surface area contributed by atoms with E-state index in [1.54, 1.807) is 19.2 Å². The fourth-order valence-electron chi connectivity index (χ4n) is 3.28. The summed E-state index contributed by atoms with van der Waals surface area (Å²) in [5.74, 6) is 0.948. The Hall–Kier alpha value is -2.38. The molecule has 2 aromatic carbocycles. The fourth-order valence-corrected chi connectivity index (χ4v) is 3.28. The summed E-state index contributed by atoms with van der Waals surface area (Å²) in [7, 11) is 1.67. The smallest absolute Gasteiger partial charge is 0.387 e. The van der Waals surface area contributed by atoms with Gasteiger partial charge < -0.3 is 19.5 Å². The molecule has 3 rings (SSSR count). The zero-order chi connectivity index (χ0) is 19.2. The van der Waals surface area contributed by atoms with Gasteiger partial charge in [-0.2, -0.15) is 8.78 Å². The van der Waals surface area contributed by atoms with Crippen molar-refractivity contribution < 1.29 is 23.4 Å². The van der Waals surface area contributed by atoms with Gasteiger partial charge in [-0.05, 0) is 29.8 Å². The quantitative estimate of drug-likeness (QED) is 0.802. The van der Waals surface area contributed by atoms with E-state index in [0.717, 1.165) is 37.6 Å². The first kappa shape index (κ1) is 19.4. The normalized spacial score (nSPS) is 16.4. The number of rotatable bonds is 7. The van der Waals surface area contributed by atoms with E-state index < -0.39 is 12.7 Å². The molecule has 27 heavy (non-hydrogen) atoms. The van der Waals surface area contributed by atoms with Gasteiger partial charge in [0, 0.05) is 32.7 Å². The van der Waals surface area contributed by atoms with Gasteiger partial charge in [0.15, 0.2) is 0 Å². The standard InChI is InChI=1S/C20H24F2N2O3/c1-26-19-5-3-2-4-17(19)24-12-10-23(11-13-24)14-18(25)15-6-8-16(9-7-15)27-20(21)22/h2-9,18,20,25H,10-14H2,1H3. The van der Waals surface area contributed by atoms with Gasteiger partial charge in [0.05, 0.1) is 18.9 Å². The number of piperazine rings is 1. The molecule has 0 spiro atoms. The second kappa shape index (κ2) is 9.01. The molecular formula is C20H24F2N2O3. The summed E-state index contributed by atoms with van der Waals surface area (Å²) < 4.78 is 34.2. The zero-order valence-electron chi connectivity index (χ0n) is 15.2. The molecule has 1 N–H and O–H groups in total. The number of halogens is 2. The van der Waals surface area contributed by atoms with Gasteiger partial charge in [-0.1, -0.05) is 24.3 Å². The van der Waals surface area contributed by atoms with Gasteiger partial charge in [0.25, 0.3) is 0 Å². The Balaban J connectivity index is 1.52. The Kier molecular flexibility index (Phi) is 6.47. The van der Waals surface area contributed by atoms with Crippen molar-refractivity contribution in [3.63, 3.8) is 0 Å². The van der Waals surface area contributed by atoms with Gasteiger partial charge in [0.2, 0.25) is 0 Å². The predicted molar refractivity (Wildman–Crippen MR) is 99.7 cm³/mol. The monoisotopic (exact) mass is 378 g/mol. The van der Waals surface area contributed by atoms with E-state index in [0.29, 0.717) is 12.1 Å². The lowest BCUT2D eigenvalue weighted by molar-refractivity contribution is -0.0498. The summed E-state index contributed by atoms with van der Waals surface area (Å²) in [6, 6.07) is 14.1. The maximum atomic E-state index is 12.2. The van der Waals surface area contributed by atoms with Crippen molar-refractivity contribution in [2.24, 2.45) is 0 Å². The van der Waals surface area contributed by atoms with E-state index in [1.807, 2.05) is 24.3 Å². The van der Waals surface area contributed by atoms with Crippen LogP contribution in [0.4, 0.5) is 14.5 Å². The molecule has 0 aromatic heterocycles. The number of ether oxygens (including phenoxy) is 2. The second-order valence-electron chi connectivity index (χ2n) is 6.42. The summed E-state index contributed by atoms with van der Waals surface area (Å²) in [5.41, 5.74) is 1.76. The third kappa shape index (κ3) is 5.08. The molecule has 0 aliphatic carbocycles. The average molecular weight is 378 g/mol. The first-order valence-corrected chi connectivity index (χ1v) is 8.90. The molecule has 7 heteroatoms. The van der Waals surface area contributed by atoms with E-state index in [1.165, 1.54) is 12.1 Å². The number of alkyl halides is 2. The summed E-state index contributed by atoms with van der Waals surface area (Å²) in [4.78, 5) is 4.47. The number of aliphatic hydroxyl groups is 1. The van der Waals surface area contributed by atoms with Crippen molar-refractivity contribution >= 4 is 5.69 Å². The minimum absolute atomic E-state index is 0.0892. The van der Waals surface area contributed by atoms with Crippen molar-refractivity contribution in [1.29, 1.82) is 0 Å². The van der Waals surface area contributed by atoms with Crippen LogP contribution < -0.4 is 14.4 Å². The van der Waals surface area contributed by atoms with E-state index in [4.69, 9.17) is 4.74 Å². The summed E-state index contributed by atoms with van der Waals surface area (Å²) >= 11 is 0. The number of para-hydroxylation sites is 2. The maximum absolute atomic E-state index is 12.2. The van der Waals surface area contributed by atoms with Crippen LogP contribution in [0, 0.1) is 0 Å². The Labute approximate surface area is 157 Å². The van der Waals surface area contributed by atoms with Crippen LogP contribution in [-0.2, 0) is 0 Å². The molecule has 1 saturated heterocycles. The number of nitrogens with zero attached hydrogens (tertiary/aromatic N) is 2. The highest BCUT2D eigenvalue weighted by molar-refractivity contribution is 5.58. The van der Waals surface area contributed by atoms with Crippen molar-refractivity contribution in [3.8, 4) is 11.5 Å². The average Bonchev–Trinajstić information content (AvgIpc) is 2.68. The van der Waals surface area contributed by atoms with Crippen molar-refractivity contribution in [1.82, 2.24) is 4.90 Å². The molecule has 1 aliphatic heterocycles. The molecule has 0 amide bonds. The fraction of sp³-hybridized carbons (Fsp3) is 0.400. The number of methoxy groups -OCH3 is 1. The maximum Gasteiger partial charge on any atom is 0.387 e. The highest BCUT2D eigenvalue weighted by atomic mass is 19.3. The highest BCUT2D eigenvalue weighted by Crippen LogP contribution is 2.28. The molecule has 2 aromatic rings. The summed E-state index contributed by atoms with van der Waals surface area (Å²) in [6.07, 6.45) is -0.677. The lowest BCUT2D eigenvalue weighted by Gasteiger charge is -2.37. The molecule has 1 aliphatic rings. The van der Waals surface area contributed by atoms with Gasteiger partial charge in [-0.25, -0.2) is 0 Å². The number of anilines is 1. The number of aliphatic hydroxyl groups excluding tert-OH is 1. The van der Waals surface area contributed by atoms with Gasteiger partial charge in [0.1, 0.15) is 11.5 Å². The zero-order valence-corrected chi connectivity index (χ0v) is 15.2. The SMILES string of the molecule is COc1ccccc1N1CCN(CC(O)c2ccc(OC(F)F)cc2)CC1. The van der Waals surface area contributed by atoms with Crippen LogP contribution in [0.2, 0.25) is 0 Å². The van der Waals surface area contributed by atoms with Crippen LogP contribution in [-0.4, -0.2) is 56.5 Å².